The minimum atomic E-state index is -0.268. The Balaban J connectivity index is 2.06. The number of halogens is 2. The zero-order valence-corrected chi connectivity index (χ0v) is 12.7. The summed E-state index contributed by atoms with van der Waals surface area (Å²) in [5.41, 5.74) is 0.656. The van der Waals surface area contributed by atoms with Crippen LogP contribution >= 0.6 is 23.4 Å². The maximum absolute atomic E-state index is 13.8. The third-order valence-corrected chi connectivity index (χ3v) is 4.22. The lowest BCUT2D eigenvalue weighted by molar-refractivity contribution is 0.541. The van der Waals surface area contributed by atoms with Crippen molar-refractivity contribution >= 4 is 23.4 Å². The molecule has 0 amide bonds. The Bertz CT molecular complexity index is 548. The molecule has 1 atom stereocenters. The van der Waals surface area contributed by atoms with Gasteiger partial charge >= 0.3 is 0 Å². The fourth-order valence-corrected chi connectivity index (χ4v) is 3.00. The number of thioether (sulfide) groups is 1. The molecule has 0 radical (unpaired) electrons. The van der Waals surface area contributed by atoms with E-state index in [9.17, 15) is 4.39 Å². The van der Waals surface area contributed by atoms with Crippen LogP contribution in [0.3, 0.4) is 0 Å². The van der Waals surface area contributed by atoms with Gasteiger partial charge < -0.3 is 5.32 Å². The van der Waals surface area contributed by atoms with Crippen molar-refractivity contribution in [3.05, 3.63) is 59.1 Å². The number of nitrogens with one attached hydrogen (secondary N) is 1. The Morgan fingerprint density at radius 2 is 2.05 bits per heavy atom. The van der Waals surface area contributed by atoms with Crippen LogP contribution in [0.1, 0.15) is 18.5 Å². The molecule has 5 heteroatoms. The van der Waals surface area contributed by atoms with E-state index in [0.717, 1.165) is 22.2 Å². The molecule has 20 heavy (non-hydrogen) atoms. The lowest BCUT2D eigenvalue weighted by Crippen LogP contribution is -2.24. The van der Waals surface area contributed by atoms with Gasteiger partial charge in [0, 0.05) is 33.5 Å². The number of rotatable bonds is 6. The van der Waals surface area contributed by atoms with Gasteiger partial charge in [-0.05, 0) is 36.9 Å². The highest BCUT2D eigenvalue weighted by Crippen LogP contribution is 2.26. The molecule has 0 saturated carbocycles. The molecular formula is C15H16ClFN2S. The predicted octanol–water partition coefficient (Wildman–Crippen LogP) is 4.32. The van der Waals surface area contributed by atoms with Crippen LogP contribution in [0.4, 0.5) is 4.39 Å². The summed E-state index contributed by atoms with van der Waals surface area (Å²) in [5, 5.41) is 4.03. The molecule has 0 bridgehead atoms. The normalized spacial score (nSPS) is 12.3. The van der Waals surface area contributed by atoms with Gasteiger partial charge in [-0.3, -0.25) is 4.98 Å². The minimum absolute atomic E-state index is 0.0383. The van der Waals surface area contributed by atoms with Crippen LogP contribution in [0, 0.1) is 5.82 Å². The summed E-state index contributed by atoms with van der Waals surface area (Å²) in [6.07, 6.45) is 2.88. The fraction of sp³-hybridized carbons (Fsp3) is 0.267. The van der Waals surface area contributed by atoms with Gasteiger partial charge in [-0.25, -0.2) is 4.39 Å². The van der Waals surface area contributed by atoms with Crippen molar-refractivity contribution < 1.29 is 4.39 Å². The Labute approximate surface area is 127 Å². The maximum Gasteiger partial charge on any atom is 0.146 e. The van der Waals surface area contributed by atoms with Gasteiger partial charge in [0.1, 0.15) is 5.82 Å². The first-order valence-electron chi connectivity index (χ1n) is 6.42. The third kappa shape index (κ3) is 4.20. The first-order valence-corrected chi connectivity index (χ1v) is 7.78. The molecule has 1 aromatic carbocycles. The number of nitrogens with zero attached hydrogens (tertiary/aromatic N) is 1. The zero-order valence-electron chi connectivity index (χ0n) is 11.1. The van der Waals surface area contributed by atoms with E-state index in [1.165, 1.54) is 6.20 Å². The zero-order chi connectivity index (χ0) is 14.4. The number of aromatic nitrogens is 1. The van der Waals surface area contributed by atoms with Crippen LogP contribution in [0.25, 0.3) is 0 Å². The summed E-state index contributed by atoms with van der Waals surface area (Å²) in [4.78, 5) is 4.91. The molecule has 1 unspecified atom stereocenters. The second-order valence-electron chi connectivity index (χ2n) is 4.27. The Kier molecular flexibility index (Phi) is 5.83. The molecule has 106 valence electrons. The van der Waals surface area contributed by atoms with Crippen molar-refractivity contribution in [1.82, 2.24) is 10.3 Å². The summed E-state index contributed by atoms with van der Waals surface area (Å²) in [7, 11) is 0. The number of benzene rings is 1. The molecule has 0 fully saturated rings. The largest absolute Gasteiger partial charge is 0.309 e. The van der Waals surface area contributed by atoms with Crippen LogP contribution in [-0.4, -0.2) is 17.3 Å². The Morgan fingerprint density at radius 3 is 2.70 bits per heavy atom. The maximum atomic E-state index is 13.8. The quantitative estimate of drug-likeness (QED) is 0.804. The minimum Gasteiger partial charge on any atom is -0.309 e. The van der Waals surface area contributed by atoms with Crippen LogP contribution in [-0.2, 0) is 0 Å². The Morgan fingerprint density at radius 1 is 1.30 bits per heavy atom. The van der Waals surface area contributed by atoms with Gasteiger partial charge in [0.25, 0.3) is 0 Å². The van der Waals surface area contributed by atoms with E-state index in [0.29, 0.717) is 5.56 Å². The van der Waals surface area contributed by atoms with E-state index in [2.05, 4.69) is 10.3 Å². The second kappa shape index (κ2) is 7.62. The molecule has 2 aromatic rings. The van der Waals surface area contributed by atoms with Crippen LogP contribution in [0.15, 0.2) is 47.6 Å². The van der Waals surface area contributed by atoms with Crippen LogP contribution < -0.4 is 5.32 Å². The first-order chi connectivity index (χ1) is 9.70. The lowest BCUT2D eigenvalue weighted by atomic mass is 10.1. The van der Waals surface area contributed by atoms with Gasteiger partial charge in [-0.15, -0.1) is 11.8 Å². The van der Waals surface area contributed by atoms with E-state index in [1.807, 2.05) is 31.2 Å². The SMILES string of the molecule is CCNC(CSc1ccc(Cl)cc1)c1ccncc1F. The first kappa shape index (κ1) is 15.3. The molecule has 0 spiro atoms. The molecule has 0 aliphatic carbocycles. The summed E-state index contributed by atoms with van der Waals surface area (Å²) in [5.74, 6) is 0.478. The third-order valence-electron chi connectivity index (χ3n) is 2.86. The predicted molar refractivity (Wildman–Crippen MR) is 82.8 cm³/mol. The number of hydrogen-bond donors (Lipinski definition) is 1. The highest BCUT2D eigenvalue weighted by molar-refractivity contribution is 7.99. The van der Waals surface area contributed by atoms with E-state index in [1.54, 1.807) is 24.0 Å². The average Bonchev–Trinajstić information content (AvgIpc) is 2.46. The molecule has 1 N–H and O–H groups in total. The molecule has 2 nitrogen and oxygen atoms in total. The topological polar surface area (TPSA) is 24.9 Å². The number of pyridine rings is 1. The molecule has 0 aliphatic rings. The molecule has 1 aromatic heterocycles. The van der Waals surface area contributed by atoms with Gasteiger partial charge in [-0.2, -0.15) is 0 Å². The molecule has 0 saturated heterocycles. The molecule has 1 heterocycles. The van der Waals surface area contributed by atoms with Crippen LogP contribution in [0.2, 0.25) is 5.02 Å². The van der Waals surface area contributed by atoms with Crippen molar-refractivity contribution in [3.63, 3.8) is 0 Å². The van der Waals surface area contributed by atoms with E-state index in [4.69, 9.17) is 11.6 Å². The van der Waals surface area contributed by atoms with E-state index >= 15 is 0 Å². The summed E-state index contributed by atoms with van der Waals surface area (Å²) >= 11 is 7.54. The summed E-state index contributed by atoms with van der Waals surface area (Å²) in [6, 6.07) is 9.35. The second-order valence-corrected chi connectivity index (χ2v) is 5.80. The summed E-state index contributed by atoms with van der Waals surface area (Å²) < 4.78 is 13.8. The van der Waals surface area contributed by atoms with Crippen LogP contribution in [0.5, 0.6) is 0 Å². The average molecular weight is 311 g/mol. The molecule has 2 rings (SSSR count). The van der Waals surface area contributed by atoms with Gasteiger partial charge in [-0.1, -0.05) is 18.5 Å². The number of hydrogen-bond acceptors (Lipinski definition) is 3. The van der Waals surface area contributed by atoms with Crippen molar-refractivity contribution in [2.45, 2.75) is 17.9 Å². The molecular weight excluding hydrogens is 295 g/mol. The standard InChI is InChI=1S/C15H16ClFN2S/c1-2-19-15(13-7-8-18-9-14(13)17)10-20-12-5-3-11(16)4-6-12/h3-9,15,19H,2,10H2,1H3. The van der Waals surface area contributed by atoms with Crippen molar-refractivity contribution in [1.29, 1.82) is 0 Å². The highest BCUT2D eigenvalue weighted by Gasteiger charge is 2.15. The highest BCUT2D eigenvalue weighted by atomic mass is 35.5. The van der Waals surface area contributed by atoms with Gasteiger partial charge in [0.15, 0.2) is 0 Å². The van der Waals surface area contributed by atoms with Gasteiger partial charge in [0.2, 0.25) is 0 Å². The van der Waals surface area contributed by atoms with Crippen molar-refractivity contribution in [3.8, 4) is 0 Å². The van der Waals surface area contributed by atoms with Crippen molar-refractivity contribution in [2.75, 3.05) is 12.3 Å². The summed E-state index contributed by atoms with van der Waals surface area (Å²) in [6.45, 7) is 2.80. The van der Waals surface area contributed by atoms with E-state index in [-0.39, 0.29) is 11.9 Å². The lowest BCUT2D eigenvalue weighted by Gasteiger charge is -2.18. The fourth-order valence-electron chi connectivity index (χ4n) is 1.88. The van der Waals surface area contributed by atoms with E-state index < -0.39 is 0 Å². The molecule has 0 aliphatic heterocycles. The van der Waals surface area contributed by atoms with Crippen molar-refractivity contribution in [2.24, 2.45) is 0 Å². The monoisotopic (exact) mass is 310 g/mol. The Hall–Kier alpha value is -1.10. The van der Waals surface area contributed by atoms with Gasteiger partial charge in [0.05, 0.1) is 6.20 Å². The smallest absolute Gasteiger partial charge is 0.146 e.